The molecule has 18 heavy (non-hydrogen) atoms. The van der Waals surface area contributed by atoms with Crippen molar-refractivity contribution in [3.8, 4) is 0 Å². The summed E-state index contributed by atoms with van der Waals surface area (Å²) in [6.07, 6.45) is 5.27. The van der Waals surface area contributed by atoms with Crippen LogP contribution in [0.3, 0.4) is 0 Å². The highest BCUT2D eigenvalue weighted by Gasteiger charge is 2.05. The van der Waals surface area contributed by atoms with Gasteiger partial charge in [0.15, 0.2) is 0 Å². The first-order valence-corrected chi connectivity index (χ1v) is 6.51. The van der Waals surface area contributed by atoms with Crippen LogP contribution in [0.2, 0.25) is 0 Å². The third-order valence-electron chi connectivity index (χ3n) is 2.29. The van der Waals surface area contributed by atoms with Crippen LogP contribution < -0.4 is 0 Å². The summed E-state index contributed by atoms with van der Waals surface area (Å²) in [5.74, 6) is -0.153. The predicted molar refractivity (Wildman–Crippen MR) is 70.0 cm³/mol. The number of ether oxygens (including phenoxy) is 2. The van der Waals surface area contributed by atoms with Crippen molar-refractivity contribution in [1.29, 1.82) is 0 Å². The highest BCUT2D eigenvalue weighted by atomic mass is 16.5. The summed E-state index contributed by atoms with van der Waals surface area (Å²) >= 11 is 0. The zero-order valence-electron chi connectivity index (χ0n) is 11.4. The van der Waals surface area contributed by atoms with Crippen molar-refractivity contribution in [2.24, 2.45) is 5.92 Å². The highest BCUT2D eigenvalue weighted by Crippen LogP contribution is 2.04. The highest BCUT2D eigenvalue weighted by molar-refractivity contribution is 5.81. The summed E-state index contributed by atoms with van der Waals surface area (Å²) in [5.41, 5.74) is 0. The first-order valence-electron chi connectivity index (χ1n) is 6.51. The third kappa shape index (κ3) is 11.2. The molecule has 0 radical (unpaired) electrons. The summed E-state index contributed by atoms with van der Waals surface area (Å²) < 4.78 is 9.91. The lowest BCUT2D eigenvalue weighted by molar-refractivity contribution is -0.144. The van der Waals surface area contributed by atoms with Crippen molar-refractivity contribution < 1.29 is 19.1 Å². The molecule has 0 aliphatic heterocycles. The summed E-state index contributed by atoms with van der Waals surface area (Å²) in [5, 5.41) is 0. The maximum Gasteiger partial charge on any atom is 0.330 e. The molecule has 0 N–H and O–H groups in total. The van der Waals surface area contributed by atoms with E-state index >= 15 is 0 Å². The third-order valence-corrected chi connectivity index (χ3v) is 2.29. The minimum Gasteiger partial charge on any atom is -0.466 e. The molecule has 104 valence electrons. The average molecular weight is 256 g/mol. The van der Waals surface area contributed by atoms with E-state index in [-0.39, 0.29) is 11.9 Å². The Balaban J connectivity index is 3.23. The first-order chi connectivity index (χ1) is 8.56. The van der Waals surface area contributed by atoms with E-state index in [2.05, 4.69) is 6.58 Å². The molecule has 0 aromatic carbocycles. The van der Waals surface area contributed by atoms with Crippen LogP contribution in [0.1, 0.15) is 46.0 Å². The fraction of sp³-hybridized carbons (Fsp3) is 0.714. The Bertz CT molecular complexity index is 259. The van der Waals surface area contributed by atoms with Gasteiger partial charge in [0, 0.05) is 12.5 Å². The molecule has 0 atom stereocenters. The molecule has 4 heteroatoms. The topological polar surface area (TPSA) is 52.6 Å². The molecule has 0 saturated carbocycles. The second-order valence-electron chi connectivity index (χ2n) is 4.60. The van der Waals surface area contributed by atoms with Gasteiger partial charge in [0.25, 0.3) is 0 Å². The monoisotopic (exact) mass is 256 g/mol. The van der Waals surface area contributed by atoms with E-state index in [1.807, 2.05) is 13.8 Å². The van der Waals surface area contributed by atoms with Gasteiger partial charge in [-0.2, -0.15) is 0 Å². The summed E-state index contributed by atoms with van der Waals surface area (Å²) in [6, 6.07) is 0. The first kappa shape index (κ1) is 16.7. The van der Waals surface area contributed by atoms with Crippen LogP contribution >= 0.6 is 0 Å². The van der Waals surface area contributed by atoms with Gasteiger partial charge < -0.3 is 9.47 Å². The number of hydrogen-bond acceptors (Lipinski definition) is 4. The molecule has 0 aliphatic rings. The molecule has 4 nitrogen and oxygen atoms in total. The minimum atomic E-state index is -0.377. The van der Waals surface area contributed by atoms with Crippen LogP contribution in [-0.4, -0.2) is 25.2 Å². The van der Waals surface area contributed by atoms with Crippen molar-refractivity contribution in [2.75, 3.05) is 13.2 Å². The number of hydrogen-bond donors (Lipinski definition) is 0. The summed E-state index contributed by atoms with van der Waals surface area (Å²) in [7, 11) is 0. The maximum atomic E-state index is 11.2. The van der Waals surface area contributed by atoms with Gasteiger partial charge >= 0.3 is 11.9 Å². The van der Waals surface area contributed by atoms with Crippen LogP contribution in [0.25, 0.3) is 0 Å². The molecular formula is C14H24O4. The second-order valence-corrected chi connectivity index (χ2v) is 4.60. The normalized spacial score (nSPS) is 10.2. The zero-order valence-corrected chi connectivity index (χ0v) is 11.4. The van der Waals surface area contributed by atoms with Crippen LogP contribution in [0.5, 0.6) is 0 Å². The summed E-state index contributed by atoms with van der Waals surface area (Å²) in [4.78, 5) is 21.9. The Labute approximate surface area is 109 Å². The van der Waals surface area contributed by atoms with Crippen LogP contribution in [-0.2, 0) is 19.1 Å². The molecule has 0 aromatic heterocycles. The van der Waals surface area contributed by atoms with Crippen LogP contribution in [0.4, 0.5) is 0 Å². The van der Waals surface area contributed by atoms with Gasteiger partial charge in [0.05, 0.1) is 13.2 Å². The van der Waals surface area contributed by atoms with Crippen molar-refractivity contribution in [3.05, 3.63) is 12.7 Å². The van der Waals surface area contributed by atoms with Gasteiger partial charge in [-0.3, -0.25) is 4.79 Å². The Kier molecular flexibility index (Phi) is 10.0. The van der Waals surface area contributed by atoms with E-state index in [1.54, 1.807) is 0 Å². The quantitative estimate of drug-likeness (QED) is 0.342. The van der Waals surface area contributed by atoms with Gasteiger partial charge in [-0.25, -0.2) is 4.79 Å². The number of rotatable bonds is 10. The molecule has 0 rings (SSSR count). The van der Waals surface area contributed by atoms with Gasteiger partial charge in [0.2, 0.25) is 0 Å². The molecule has 0 spiro atoms. The number of carbonyl (C=O) groups excluding carboxylic acids is 2. The van der Waals surface area contributed by atoms with E-state index in [9.17, 15) is 9.59 Å². The molecule has 0 unspecified atom stereocenters. The lowest BCUT2D eigenvalue weighted by atomic mass is 10.1. The largest absolute Gasteiger partial charge is 0.466 e. The van der Waals surface area contributed by atoms with Gasteiger partial charge in [-0.05, 0) is 31.6 Å². The van der Waals surface area contributed by atoms with Crippen LogP contribution in [0.15, 0.2) is 12.7 Å². The Morgan fingerprint density at radius 2 is 1.61 bits per heavy atom. The molecule has 0 saturated heterocycles. The molecule has 0 heterocycles. The number of carbonyl (C=O) groups is 2. The smallest absolute Gasteiger partial charge is 0.330 e. The van der Waals surface area contributed by atoms with E-state index in [4.69, 9.17) is 9.47 Å². The molecule has 0 amide bonds. The summed E-state index contributed by atoms with van der Waals surface area (Å²) in [6.45, 7) is 8.21. The molecule has 0 aromatic rings. The fourth-order valence-corrected chi connectivity index (χ4v) is 1.37. The molecule has 0 bridgehead atoms. The van der Waals surface area contributed by atoms with Crippen LogP contribution in [0, 0.1) is 5.92 Å². The Morgan fingerprint density at radius 3 is 2.11 bits per heavy atom. The van der Waals surface area contributed by atoms with Crippen molar-refractivity contribution in [1.82, 2.24) is 0 Å². The Morgan fingerprint density at radius 1 is 1.06 bits per heavy atom. The fourth-order valence-electron chi connectivity index (χ4n) is 1.37. The van der Waals surface area contributed by atoms with E-state index < -0.39 is 0 Å². The number of esters is 2. The van der Waals surface area contributed by atoms with E-state index in [0.29, 0.717) is 25.6 Å². The second kappa shape index (κ2) is 10.8. The van der Waals surface area contributed by atoms with Gasteiger partial charge in [0.1, 0.15) is 0 Å². The van der Waals surface area contributed by atoms with Crippen molar-refractivity contribution >= 4 is 11.9 Å². The van der Waals surface area contributed by atoms with E-state index in [1.165, 1.54) is 0 Å². The maximum absolute atomic E-state index is 11.2. The zero-order chi connectivity index (χ0) is 13.8. The minimum absolute atomic E-state index is 0.120. The Hall–Kier alpha value is -1.32. The lowest BCUT2D eigenvalue weighted by Crippen LogP contribution is -2.08. The van der Waals surface area contributed by atoms with Crippen molar-refractivity contribution in [3.63, 3.8) is 0 Å². The SMILES string of the molecule is C=CC(=O)OCCCCCCOC(=O)CC(C)C. The van der Waals surface area contributed by atoms with Gasteiger partial charge in [-0.15, -0.1) is 0 Å². The standard InChI is InChI=1S/C14H24O4/c1-4-13(15)17-9-7-5-6-8-10-18-14(16)11-12(2)3/h4,12H,1,5-11H2,2-3H3. The molecule has 0 aliphatic carbocycles. The average Bonchev–Trinajstić information content (AvgIpc) is 2.31. The lowest BCUT2D eigenvalue weighted by Gasteiger charge is -2.06. The van der Waals surface area contributed by atoms with Gasteiger partial charge in [-0.1, -0.05) is 20.4 Å². The predicted octanol–water partition coefficient (Wildman–Crippen LogP) is 2.87. The molecular weight excluding hydrogens is 232 g/mol. The van der Waals surface area contributed by atoms with E-state index in [0.717, 1.165) is 31.8 Å². The molecule has 0 fully saturated rings. The van der Waals surface area contributed by atoms with Crippen molar-refractivity contribution in [2.45, 2.75) is 46.0 Å². The number of unbranched alkanes of at least 4 members (excludes halogenated alkanes) is 3.